The third-order valence-corrected chi connectivity index (χ3v) is 4.99. The number of benzene rings is 2. The maximum atomic E-state index is 13.2. The van der Waals surface area contributed by atoms with Gasteiger partial charge in [-0.1, -0.05) is 81.4 Å². The van der Waals surface area contributed by atoms with Crippen LogP contribution in [0.25, 0.3) is 0 Å². The van der Waals surface area contributed by atoms with Crippen molar-refractivity contribution in [3.63, 3.8) is 0 Å². The number of amides is 1. The van der Waals surface area contributed by atoms with Crippen molar-refractivity contribution in [3.8, 4) is 0 Å². The van der Waals surface area contributed by atoms with E-state index in [9.17, 15) is 4.79 Å². The second-order valence-electron chi connectivity index (χ2n) is 8.22. The fraction of sp³-hybridized carbons (Fsp3) is 0.435. The van der Waals surface area contributed by atoms with Crippen LogP contribution in [-0.2, 0) is 27.4 Å². The molecule has 2 aromatic rings. The lowest BCUT2D eigenvalue weighted by Crippen LogP contribution is -2.41. The molecule has 2 aromatic carbocycles. The zero-order valence-electron chi connectivity index (χ0n) is 16.4. The summed E-state index contributed by atoms with van der Waals surface area (Å²) in [5.41, 5.74) is 2.14. The van der Waals surface area contributed by atoms with E-state index in [0.29, 0.717) is 26.2 Å². The van der Waals surface area contributed by atoms with E-state index in [1.54, 1.807) is 0 Å². The molecule has 144 valence electrons. The minimum absolute atomic E-state index is 0.0390. The molecule has 0 radical (unpaired) electrons. The summed E-state index contributed by atoms with van der Waals surface area (Å²) in [6.45, 7) is 7.76. The molecular formula is C23H29NO3. The highest BCUT2D eigenvalue weighted by molar-refractivity contribution is 5.79. The van der Waals surface area contributed by atoms with Gasteiger partial charge in [-0.2, -0.15) is 0 Å². The Labute approximate surface area is 162 Å². The van der Waals surface area contributed by atoms with Crippen LogP contribution in [0.5, 0.6) is 0 Å². The minimum atomic E-state index is -0.154. The lowest BCUT2D eigenvalue weighted by Gasteiger charge is -2.32. The molecule has 2 atom stereocenters. The van der Waals surface area contributed by atoms with E-state index in [2.05, 4.69) is 32.9 Å². The maximum absolute atomic E-state index is 13.2. The fourth-order valence-electron chi connectivity index (χ4n) is 3.29. The Hall–Kier alpha value is -2.17. The summed E-state index contributed by atoms with van der Waals surface area (Å²) in [4.78, 5) is 18.9. The lowest BCUT2D eigenvalue weighted by molar-refractivity contribution is -0.177. The van der Waals surface area contributed by atoms with Gasteiger partial charge in [0.15, 0.2) is 0 Å². The summed E-state index contributed by atoms with van der Waals surface area (Å²) < 4.78 is 5.93. The number of ether oxygens (including phenoxy) is 1. The molecule has 4 nitrogen and oxygen atoms in total. The topological polar surface area (TPSA) is 38.8 Å². The molecule has 4 heteroatoms. The van der Waals surface area contributed by atoms with Gasteiger partial charge in [0, 0.05) is 5.92 Å². The van der Waals surface area contributed by atoms with Gasteiger partial charge in [-0.25, -0.2) is 5.06 Å². The molecule has 1 saturated heterocycles. The van der Waals surface area contributed by atoms with Crippen molar-refractivity contribution in [3.05, 3.63) is 71.8 Å². The predicted octanol–water partition coefficient (Wildman–Crippen LogP) is 4.25. The second kappa shape index (κ2) is 8.68. The minimum Gasteiger partial charge on any atom is -0.369 e. The first-order valence-corrected chi connectivity index (χ1v) is 9.57. The van der Waals surface area contributed by atoms with Crippen molar-refractivity contribution in [2.24, 2.45) is 11.3 Å². The highest BCUT2D eigenvalue weighted by Gasteiger charge is 2.38. The fourth-order valence-corrected chi connectivity index (χ4v) is 3.29. The average Bonchev–Trinajstić information content (AvgIpc) is 3.14. The van der Waals surface area contributed by atoms with Crippen molar-refractivity contribution in [2.45, 2.75) is 39.9 Å². The Balaban J connectivity index is 1.59. The molecule has 1 amide bonds. The van der Waals surface area contributed by atoms with E-state index in [4.69, 9.17) is 9.57 Å². The number of hydrogen-bond acceptors (Lipinski definition) is 3. The van der Waals surface area contributed by atoms with Crippen LogP contribution >= 0.6 is 0 Å². The third-order valence-electron chi connectivity index (χ3n) is 4.99. The third kappa shape index (κ3) is 5.41. The Morgan fingerprint density at radius 3 is 2.26 bits per heavy atom. The van der Waals surface area contributed by atoms with Crippen LogP contribution in [0.1, 0.15) is 31.9 Å². The van der Waals surface area contributed by atoms with Crippen LogP contribution in [-0.4, -0.2) is 30.2 Å². The van der Waals surface area contributed by atoms with Crippen LogP contribution in [0.4, 0.5) is 0 Å². The molecule has 0 N–H and O–H groups in total. The SMILES string of the molecule is CC(C)(C)C(Cc1ccccc1)C(=O)N1CC(OCc2ccccc2)CO1. The summed E-state index contributed by atoms with van der Waals surface area (Å²) in [7, 11) is 0. The molecule has 0 saturated carbocycles. The average molecular weight is 367 g/mol. The van der Waals surface area contributed by atoms with E-state index in [-0.39, 0.29) is 23.3 Å². The molecular weight excluding hydrogens is 338 g/mol. The summed E-state index contributed by atoms with van der Waals surface area (Å²) in [5.74, 6) is -0.107. The quantitative estimate of drug-likeness (QED) is 0.766. The standard InChI is InChI=1S/C23H29NO3/c1-23(2,3)21(14-18-10-6-4-7-11-18)22(25)24-15-20(17-27-24)26-16-19-12-8-5-9-13-19/h4-13,20-21H,14-17H2,1-3H3. The number of nitrogens with zero attached hydrogens (tertiary/aromatic N) is 1. The molecule has 1 aliphatic heterocycles. The van der Waals surface area contributed by atoms with Crippen molar-refractivity contribution >= 4 is 5.91 Å². The van der Waals surface area contributed by atoms with Crippen molar-refractivity contribution in [1.29, 1.82) is 0 Å². The zero-order chi connectivity index (χ0) is 19.3. The smallest absolute Gasteiger partial charge is 0.250 e. The Morgan fingerprint density at radius 1 is 1.07 bits per heavy atom. The Kier molecular flexibility index (Phi) is 6.30. The van der Waals surface area contributed by atoms with Crippen LogP contribution in [0, 0.1) is 11.3 Å². The van der Waals surface area contributed by atoms with Crippen molar-refractivity contribution in [2.75, 3.05) is 13.2 Å². The van der Waals surface area contributed by atoms with E-state index in [1.165, 1.54) is 10.6 Å². The molecule has 1 fully saturated rings. The summed E-state index contributed by atoms with van der Waals surface area (Å²) >= 11 is 0. The van der Waals surface area contributed by atoms with Gasteiger partial charge in [0.1, 0.15) is 12.7 Å². The monoisotopic (exact) mass is 367 g/mol. The van der Waals surface area contributed by atoms with Crippen LogP contribution in [0.3, 0.4) is 0 Å². The van der Waals surface area contributed by atoms with E-state index in [0.717, 1.165) is 5.56 Å². The van der Waals surface area contributed by atoms with Crippen LogP contribution in [0.15, 0.2) is 60.7 Å². The van der Waals surface area contributed by atoms with Gasteiger partial charge < -0.3 is 4.74 Å². The molecule has 0 bridgehead atoms. The van der Waals surface area contributed by atoms with Crippen molar-refractivity contribution < 1.29 is 14.4 Å². The number of carbonyl (C=O) groups excluding carboxylic acids is 1. The first-order valence-electron chi connectivity index (χ1n) is 9.57. The highest BCUT2D eigenvalue weighted by atomic mass is 16.7. The number of hydroxylamine groups is 2. The molecule has 1 aliphatic rings. The van der Waals surface area contributed by atoms with Gasteiger partial charge >= 0.3 is 0 Å². The molecule has 27 heavy (non-hydrogen) atoms. The van der Waals surface area contributed by atoms with Gasteiger partial charge in [0.05, 0.1) is 13.2 Å². The normalized spacial score (nSPS) is 18.5. The van der Waals surface area contributed by atoms with Gasteiger partial charge in [-0.3, -0.25) is 9.63 Å². The van der Waals surface area contributed by atoms with Crippen LogP contribution in [0.2, 0.25) is 0 Å². The summed E-state index contributed by atoms with van der Waals surface area (Å²) in [6, 6.07) is 20.2. The first-order chi connectivity index (χ1) is 12.9. The first kappa shape index (κ1) is 19.6. The van der Waals surface area contributed by atoms with E-state index >= 15 is 0 Å². The summed E-state index contributed by atoms with van der Waals surface area (Å²) in [6.07, 6.45) is 0.616. The molecule has 1 heterocycles. The highest BCUT2D eigenvalue weighted by Crippen LogP contribution is 2.32. The van der Waals surface area contributed by atoms with Gasteiger partial charge in [0.2, 0.25) is 5.91 Å². The Morgan fingerprint density at radius 2 is 1.67 bits per heavy atom. The van der Waals surface area contributed by atoms with Crippen molar-refractivity contribution in [1.82, 2.24) is 5.06 Å². The van der Waals surface area contributed by atoms with E-state index in [1.807, 2.05) is 48.5 Å². The van der Waals surface area contributed by atoms with Gasteiger partial charge in [0.25, 0.3) is 0 Å². The van der Waals surface area contributed by atoms with E-state index < -0.39 is 0 Å². The lowest BCUT2D eigenvalue weighted by atomic mass is 9.76. The molecule has 0 spiro atoms. The predicted molar refractivity (Wildman–Crippen MR) is 106 cm³/mol. The second-order valence-corrected chi connectivity index (χ2v) is 8.22. The van der Waals surface area contributed by atoms with Gasteiger partial charge in [-0.15, -0.1) is 0 Å². The molecule has 3 rings (SSSR count). The largest absolute Gasteiger partial charge is 0.369 e. The number of rotatable bonds is 6. The van der Waals surface area contributed by atoms with Crippen LogP contribution < -0.4 is 0 Å². The number of hydrogen-bond donors (Lipinski definition) is 0. The molecule has 0 aliphatic carbocycles. The molecule has 0 aromatic heterocycles. The Bertz CT molecular complexity index is 724. The molecule has 2 unspecified atom stereocenters. The van der Waals surface area contributed by atoms with Gasteiger partial charge in [-0.05, 0) is 23.0 Å². The zero-order valence-corrected chi connectivity index (χ0v) is 16.4. The number of carbonyl (C=O) groups is 1. The maximum Gasteiger partial charge on any atom is 0.250 e. The summed E-state index contributed by atoms with van der Waals surface area (Å²) in [5, 5.41) is 1.51.